The van der Waals surface area contributed by atoms with Crippen LogP contribution in [0, 0.1) is 0 Å². The molecule has 2 heterocycles. The Kier molecular flexibility index (Phi) is 3.71. The molecule has 1 atom stereocenters. The maximum Gasteiger partial charge on any atom is 0.240 e. The SMILES string of the molecule is O=C1CS[C@H](c2ccc(Cl)cc2Cl)N1c1nccs1. The smallest absolute Gasteiger partial charge is 0.240 e. The topological polar surface area (TPSA) is 33.2 Å². The van der Waals surface area contributed by atoms with Gasteiger partial charge in [0.25, 0.3) is 0 Å². The summed E-state index contributed by atoms with van der Waals surface area (Å²) in [5.74, 6) is 0.486. The molecule has 3 rings (SSSR count). The van der Waals surface area contributed by atoms with Crippen LogP contribution in [0.15, 0.2) is 29.8 Å². The van der Waals surface area contributed by atoms with Gasteiger partial charge in [0.05, 0.1) is 5.75 Å². The molecule has 0 saturated carbocycles. The molecular weight excluding hydrogens is 323 g/mol. The average molecular weight is 331 g/mol. The first-order chi connectivity index (χ1) is 9.16. The van der Waals surface area contributed by atoms with Crippen LogP contribution in [0.25, 0.3) is 0 Å². The van der Waals surface area contributed by atoms with Gasteiger partial charge >= 0.3 is 0 Å². The Balaban J connectivity index is 2.01. The lowest BCUT2D eigenvalue weighted by atomic mass is 10.2. The molecule has 0 spiro atoms. The zero-order valence-electron chi connectivity index (χ0n) is 9.55. The van der Waals surface area contributed by atoms with Crippen LogP contribution in [-0.4, -0.2) is 16.6 Å². The summed E-state index contributed by atoms with van der Waals surface area (Å²) in [6.07, 6.45) is 1.69. The normalized spacial score (nSPS) is 19.2. The number of thioether (sulfide) groups is 1. The highest BCUT2D eigenvalue weighted by Crippen LogP contribution is 2.44. The van der Waals surface area contributed by atoms with Gasteiger partial charge in [0, 0.05) is 27.2 Å². The maximum atomic E-state index is 12.0. The van der Waals surface area contributed by atoms with Crippen molar-refractivity contribution in [2.75, 3.05) is 10.7 Å². The van der Waals surface area contributed by atoms with Gasteiger partial charge in [-0.05, 0) is 12.1 Å². The molecule has 0 N–H and O–H groups in total. The van der Waals surface area contributed by atoms with Crippen molar-refractivity contribution < 1.29 is 4.79 Å². The number of thiazole rings is 1. The van der Waals surface area contributed by atoms with Gasteiger partial charge in [0.2, 0.25) is 5.91 Å². The summed E-state index contributed by atoms with van der Waals surface area (Å²) in [5, 5.41) is 3.58. The molecule has 0 radical (unpaired) electrons. The van der Waals surface area contributed by atoms with Gasteiger partial charge in [-0.2, -0.15) is 0 Å². The van der Waals surface area contributed by atoms with Crippen LogP contribution in [0.1, 0.15) is 10.9 Å². The van der Waals surface area contributed by atoms with E-state index in [0.717, 1.165) is 5.56 Å². The van der Waals surface area contributed by atoms with Crippen LogP contribution >= 0.6 is 46.3 Å². The van der Waals surface area contributed by atoms with E-state index in [1.54, 1.807) is 35.0 Å². The van der Waals surface area contributed by atoms with E-state index in [1.165, 1.54) is 11.3 Å². The van der Waals surface area contributed by atoms with Gasteiger partial charge in [-0.3, -0.25) is 9.69 Å². The molecule has 0 aliphatic carbocycles. The summed E-state index contributed by atoms with van der Waals surface area (Å²) in [4.78, 5) is 17.9. The van der Waals surface area contributed by atoms with Gasteiger partial charge in [-0.1, -0.05) is 29.3 Å². The average Bonchev–Trinajstić information content (AvgIpc) is 2.98. The summed E-state index contributed by atoms with van der Waals surface area (Å²) in [5.41, 5.74) is 0.886. The first-order valence-corrected chi connectivity index (χ1v) is 8.13. The molecule has 1 aromatic heterocycles. The van der Waals surface area contributed by atoms with E-state index in [-0.39, 0.29) is 11.3 Å². The van der Waals surface area contributed by atoms with Crippen molar-refractivity contribution in [2.24, 2.45) is 0 Å². The third-order valence-corrected chi connectivity index (χ3v) is 5.25. The van der Waals surface area contributed by atoms with Crippen LogP contribution in [0.4, 0.5) is 5.13 Å². The minimum atomic E-state index is -0.136. The van der Waals surface area contributed by atoms with E-state index >= 15 is 0 Å². The number of aromatic nitrogens is 1. The number of carbonyl (C=O) groups is 1. The van der Waals surface area contributed by atoms with Crippen molar-refractivity contribution in [3.05, 3.63) is 45.4 Å². The number of carbonyl (C=O) groups excluding carboxylic acids is 1. The molecule has 0 unspecified atom stereocenters. The second-order valence-electron chi connectivity index (χ2n) is 3.91. The molecular formula is C12H8Cl2N2OS2. The van der Waals surface area contributed by atoms with E-state index in [4.69, 9.17) is 23.2 Å². The fourth-order valence-corrected chi connectivity index (χ4v) is 4.42. The molecule has 1 aliphatic rings. The number of halogens is 2. The van der Waals surface area contributed by atoms with Crippen molar-refractivity contribution in [2.45, 2.75) is 5.37 Å². The van der Waals surface area contributed by atoms with Crippen LogP contribution in [0.5, 0.6) is 0 Å². The van der Waals surface area contributed by atoms with E-state index in [2.05, 4.69) is 4.98 Å². The molecule has 1 fully saturated rings. The summed E-state index contributed by atoms with van der Waals surface area (Å²) in [6, 6.07) is 5.34. The zero-order valence-corrected chi connectivity index (χ0v) is 12.7. The Morgan fingerprint density at radius 3 is 2.89 bits per heavy atom. The fraction of sp³-hybridized carbons (Fsp3) is 0.167. The van der Waals surface area contributed by atoms with Crippen molar-refractivity contribution in [3.8, 4) is 0 Å². The second-order valence-corrected chi connectivity index (χ2v) is 6.69. The molecule has 1 saturated heterocycles. The fourth-order valence-electron chi connectivity index (χ4n) is 1.90. The van der Waals surface area contributed by atoms with Gasteiger partial charge < -0.3 is 0 Å². The van der Waals surface area contributed by atoms with Gasteiger partial charge in [-0.25, -0.2) is 4.98 Å². The third kappa shape index (κ3) is 2.48. The molecule has 0 bridgehead atoms. The molecule has 1 aromatic carbocycles. The number of hydrogen-bond acceptors (Lipinski definition) is 4. The number of hydrogen-bond donors (Lipinski definition) is 0. The lowest BCUT2D eigenvalue weighted by molar-refractivity contribution is -0.115. The van der Waals surface area contributed by atoms with Crippen molar-refractivity contribution >= 4 is 57.3 Å². The van der Waals surface area contributed by atoms with Crippen LogP contribution in [-0.2, 0) is 4.79 Å². The van der Waals surface area contributed by atoms with Crippen molar-refractivity contribution in [1.82, 2.24) is 4.98 Å². The molecule has 3 nitrogen and oxygen atoms in total. The van der Waals surface area contributed by atoms with Gasteiger partial charge in [-0.15, -0.1) is 23.1 Å². The zero-order chi connectivity index (χ0) is 13.4. The molecule has 19 heavy (non-hydrogen) atoms. The Morgan fingerprint density at radius 1 is 1.37 bits per heavy atom. The van der Waals surface area contributed by atoms with Gasteiger partial charge in [0.15, 0.2) is 5.13 Å². The standard InChI is InChI=1S/C12H8Cl2N2OS2/c13-7-1-2-8(9(14)5-7)11-16(10(17)6-19-11)12-15-3-4-18-12/h1-5,11H,6H2/t11-/m1/s1. The molecule has 7 heteroatoms. The summed E-state index contributed by atoms with van der Waals surface area (Å²) in [7, 11) is 0. The highest BCUT2D eigenvalue weighted by molar-refractivity contribution is 8.00. The number of rotatable bonds is 2. The number of nitrogens with zero attached hydrogens (tertiary/aromatic N) is 2. The second kappa shape index (κ2) is 5.32. The lowest BCUT2D eigenvalue weighted by Gasteiger charge is -2.22. The minimum Gasteiger partial charge on any atom is -0.273 e. The lowest BCUT2D eigenvalue weighted by Crippen LogP contribution is -2.27. The monoisotopic (exact) mass is 330 g/mol. The summed E-state index contributed by atoms with van der Waals surface area (Å²) < 4.78 is 0. The number of anilines is 1. The molecule has 1 amide bonds. The van der Waals surface area contributed by atoms with E-state index in [0.29, 0.717) is 20.9 Å². The van der Waals surface area contributed by atoms with Crippen LogP contribution in [0.3, 0.4) is 0 Å². The molecule has 1 aliphatic heterocycles. The predicted molar refractivity (Wildman–Crippen MR) is 81.3 cm³/mol. The number of amides is 1. The van der Waals surface area contributed by atoms with Crippen molar-refractivity contribution in [3.63, 3.8) is 0 Å². The first kappa shape index (κ1) is 13.2. The highest BCUT2D eigenvalue weighted by Gasteiger charge is 2.36. The molecule has 2 aromatic rings. The van der Waals surface area contributed by atoms with Crippen molar-refractivity contribution in [1.29, 1.82) is 0 Å². The Labute approximate surface area is 128 Å². The van der Waals surface area contributed by atoms with Crippen LogP contribution < -0.4 is 4.90 Å². The number of benzene rings is 1. The van der Waals surface area contributed by atoms with E-state index in [9.17, 15) is 4.79 Å². The predicted octanol–water partition coefficient (Wildman–Crippen LogP) is 4.23. The largest absolute Gasteiger partial charge is 0.273 e. The van der Waals surface area contributed by atoms with Crippen LogP contribution in [0.2, 0.25) is 10.0 Å². The highest BCUT2D eigenvalue weighted by atomic mass is 35.5. The Morgan fingerprint density at radius 2 is 2.21 bits per heavy atom. The summed E-state index contributed by atoms with van der Waals surface area (Å²) in [6.45, 7) is 0. The van der Waals surface area contributed by atoms with E-state index in [1.807, 2.05) is 11.4 Å². The quantitative estimate of drug-likeness (QED) is 0.826. The maximum absolute atomic E-state index is 12.0. The van der Waals surface area contributed by atoms with Gasteiger partial charge in [0.1, 0.15) is 5.37 Å². The molecule has 98 valence electrons. The minimum absolute atomic E-state index is 0.0518. The third-order valence-electron chi connectivity index (χ3n) is 2.72. The summed E-state index contributed by atoms with van der Waals surface area (Å²) >= 11 is 15.1. The Bertz CT molecular complexity index is 618. The first-order valence-electron chi connectivity index (χ1n) is 5.45. The van der Waals surface area contributed by atoms with E-state index < -0.39 is 0 Å². The Hall–Kier alpha value is -0.750.